The molecule has 0 fully saturated rings. The second kappa shape index (κ2) is 8.77. The SMILES string of the molecule is C=CCN(CC=C)C(=O)c1cc(-c2cccc(OC)c2)cc(-n2cnnn2)c1. The van der Waals surface area contributed by atoms with E-state index in [0.717, 1.165) is 16.9 Å². The van der Waals surface area contributed by atoms with Gasteiger partial charge in [0.1, 0.15) is 12.1 Å². The number of aromatic nitrogens is 4. The number of hydrogen-bond acceptors (Lipinski definition) is 5. The molecular formula is C21H21N5O2. The zero-order valence-electron chi connectivity index (χ0n) is 15.7. The molecule has 0 N–H and O–H groups in total. The van der Waals surface area contributed by atoms with Gasteiger partial charge in [0.2, 0.25) is 0 Å². The Hall–Kier alpha value is -3.74. The van der Waals surface area contributed by atoms with Crippen LogP contribution < -0.4 is 4.74 Å². The lowest BCUT2D eigenvalue weighted by Crippen LogP contribution is -2.31. The largest absolute Gasteiger partial charge is 0.497 e. The van der Waals surface area contributed by atoms with Crippen molar-refractivity contribution in [3.8, 4) is 22.6 Å². The third-order valence-electron chi connectivity index (χ3n) is 4.17. The molecule has 142 valence electrons. The average molecular weight is 375 g/mol. The molecule has 7 heteroatoms. The number of rotatable bonds is 8. The first-order valence-corrected chi connectivity index (χ1v) is 8.70. The molecule has 1 amide bonds. The maximum Gasteiger partial charge on any atom is 0.254 e. The van der Waals surface area contributed by atoms with Gasteiger partial charge in [-0.15, -0.1) is 18.3 Å². The Balaban J connectivity index is 2.11. The number of methoxy groups -OCH3 is 1. The molecule has 0 aliphatic heterocycles. The highest BCUT2D eigenvalue weighted by atomic mass is 16.5. The minimum absolute atomic E-state index is 0.126. The first-order valence-electron chi connectivity index (χ1n) is 8.70. The van der Waals surface area contributed by atoms with Crippen LogP contribution in [0.15, 0.2) is 74.1 Å². The van der Waals surface area contributed by atoms with Crippen LogP contribution >= 0.6 is 0 Å². The van der Waals surface area contributed by atoms with E-state index < -0.39 is 0 Å². The third-order valence-corrected chi connectivity index (χ3v) is 4.17. The summed E-state index contributed by atoms with van der Waals surface area (Å²) in [5, 5.41) is 11.3. The van der Waals surface area contributed by atoms with Gasteiger partial charge in [-0.2, -0.15) is 0 Å². The second-order valence-electron chi connectivity index (χ2n) is 6.04. The number of ether oxygens (including phenoxy) is 1. The van der Waals surface area contributed by atoms with Crippen molar-refractivity contribution in [2.24, 2.45) is 0 Å². The highest BCUT2D eigenvalue weighted by Crippen LogP contribution is 2.27. The van der Waals surface area contributed by atoms with Gasteiger partial charge >= 0.3 is 0 Å². The predicted molar refractivity (Wildman–Crippen MR) is 107 cm³/mol. The van der Waals surface area contributed by atoms with Gasteiger partial charge in [-0.25, -0.2) is 4.68 Å². The van der Waals surface area contributed by atoms with Gasteiger partial charge in [-0.1, -0.05) is 24.3 Å². The molecule has 0 saturated heterocycles. The van der Waals surface area contributed by atoms with E-state index in [1.54, 1.807) is 30.2 Å². The van der Waals surface area contributed by atoms with Gasteiger partial charge in [0, 0.05) is 18.7 Å². The fourth-order valence-corrected chi connectivity index (χ4v) is 2.85. The highest BCUT2D eigenvalue weighted by molar-refractivity contribution is 5.96. The summed E-state index contributed by atoms with van der Waals surface area (Å²) in [7, 11) is 1.62. The van der Waals surface area contributed by atoms with Crippen LogP contribution in [0.25, 0.3) is 16.8 Å². The van der Waals surface area contributed by atoms with Crippen molar-refractivity contribution in [2.45, 2.75) is 0 Å². The minimum atomic E-state index is -0.126. The molecular weight excluding hydrogens is 354 g/mol. The predicted octanol–water partition coefficient (Wildman–Crippen LogP) is 3.15. The first-order chi connectivity index (χ1) is 13.7. The molecule has 7 nitrogen and oxygen atoms in total. The summed E-state index contributed by atoms with van der Waals surface area (Å²) in [6, 6.07) is 13.2. The molecule has 0 saturated carbocycles. The zero-order valence-corrected chi connectivity index (χ0v) is 15.7. The van der Waals surface area contributed by atoms with Crippen LogP contribution in [0, 0.1) is 0 Å². The molecule has 0 aliphatic carbocycles. The molecule has 2 aromatic carbocycles. The summed E-state index contributed by atoms with van der Waals surface area (Å²) in [6.07, 6.45) is 4.87. The van der Waals surface area contributed by atoms with Crippen molar-refractivity contribution in [2.75, 3.05) is 20.2 Å². The highest BCUT2D eigenvalue weighted by Gasteiger charge is 2.17. The van der Waals surface area contributed by atoms with Crippen LogP contribution in [0.4, 0.5) is 0 Å². The fourth-order valence-electron chi connectivity index (χ4n) is 2.85. The smallest absolute Gasteiger partial charge is 0.254 e. The quantitative estimate of drug-likeness (QED) is 0.566. The van der Waals surface area contributed by atoms with Gasteiger partial charge in [-0.05, 0) is 51.9 Å². The summed E-state index contributed by atoms with van der Waals surface area (Å²) in [5.74, 6) is 0.608. The van der Waals surface area contributed by atoms with Gasteiger partial charge in [-0.3, -0.25) is 4.79 Å². The normalized spacial score (nSPS) is 10.3. The van der Waals surface area contributed by atoms with Crippen LogP contribution in [0.2, 0.25) is 0 Å². The molecule has 1 aromatic heterocycles. The molecule has 0 spiro atoms. The number of carbonyl (C=O) groups is 1. The summed E-state index contributed by atoms with van der Waals surface area (Å²) in [5.41, 5.74) is 2.98. The Labute approximate surface area is 163 Å². The van der Waals surface area contributed by atoms with Gasteiger partial charge in [0.05, 0.1) is 12.8 Å². The fraction of sp³-hybridized carbons (Fsp3) is 0.143. The van der Waals surface area contributed by atoms with Crippen LogP contribution in [0.3, 0.4) is 0 Å². The Bertz CT molecular complexity index is 972. The van der Waals surface area contributed by atoms with E-state index >= 15 is 0 Å². The van der Waals surface area contributed by atoms with Crippen LogP contribution in [-0.4, -0.2) is 51.2 Å². The number of hydrogen-bond donors (Lipinski definition) is 0. The molecule has 3 aromatic rings. The molecule has 1 heterocycles. The maximum absolute atomic E-state index is 13.1. The standard InChI is InChI=1S/C21H21N5O2/c1-4-9-25(10-5-2)21(27)18-11-17(16-7-6-8-20(14-16)28-3)12-19(13-18)26-15-22-23-24-26/h4-8,11-15H,1-2,9-10H2,3H3. The lowest BCUT2D eigenvalue weighted by molar-refractivity contribution is 0.0791. The maximum atomic E-state index is 13.1. The van der Waals surface area contributed by atoms with Crippen LogP contribution in [-0.2, 0) is 0 Å². The van der Waals surface area contributed by atoms with Gasteiger partial charge in [0.25, 0.3) is 5.91 Å². The van der Waals surface area contributed by atoms with Crippen molar-refractivity contribution in [1.29, 1.82) is 0 Å². The monoisotopic (exact) mass is 375 g/mol. The number of tetrazole rings is 1. The van der Waals surface area contributed by atoms with E-state index in [1.165, 1.54) is 11.0 Å². The molecule has 0 atom stereocenters. The first kappa shape index (κ1) is 19.0. The number of nitrogens with zero attached hydrogens (tertiary/aromatic N) is 5. The van der Waals surface area contributed by atoms with Crippen LogP contribution in [0.5, 0.6) is 5.75 Å². The molecule has 28 heavy (non-hydrogen) atoms. The Kier molecular flexibility index (Phi) is 5.96. The second-order valence-corrected chi connectivity index (χ2v) is 6.04. The topological polar surface area (TPSA) is 73.1 Å². The lowest BCUT2D eigenvalue weighted by Gasteiger charge is -2.20. The van der Waals surface area contributed by atoms with Crippen molar-refractivity contribution >= 4 is 5.91 Å². The van der Waals surface area contributed by atoms with Crippen molar-refractivity contribution in [1.82, 2.24) is 25.1 Å². The molecule has 0 aliphatic rings. The summed E-state index contributed by atoms with van der Waals surface area (Å²) in [6.45, 7) is 8.31. The Morgan fingerprint density at radius 2 is 1.93 bits per heavy atom. The van der Waals surface area contributed by atoms with Crippen LogP contribution in [0.1, 0.15) is 10.4 Å². The van der Waals surface area contributed by atoms with Gasteiger partial charge in [0.15, 0.2) is 0 Å². The van der Waals surface area contributed by atoms with E-state index in [4.69, 9.17) is 4.74 Å². The van der Waals surface area contributed by atoms with E-state index in [2.05, 4.69) is 28.7 Å². The van der Waals surface area contributed by atoms with Crippen molar-refractivity contribution in [3.05, 3.63) is 79.7 Å². The Morgan fingerprint density at radius 3 is 2.57 bits per heavy atom. The summed E-state index contributed by atoms with van der Waals surface area (Å²) in [4.78, 5) is 14.8. The van der Waals surface area contributed by atoms with Crippen molar-refractivity contribution < 1.29 is 9.53 Å². The number of carbonyl (C=O) groups excluding carboxylic acids is 1. The average Bonchev–Trinajstić information content (AvgIpc) is 3.28. The molecule has 0 bridgehead atoms. The minimum Gasteiger partial charge on any atom is -0.497 e. The number of benzene rings is 2. The molecule has 3 rings (SSSR count). The van der Waals surface area contributed by atoms with Gasteiger partial charge < -0.3 is 9.64 Å². The van der Waals surface area contributed by atoms with E-state index in [1.807, 2.05) is 36.4 Å². The summed E-state index contributed by atoms with van der Waals surface area (Å²) >= 11 is 0. The Morgan fingerprint density at radius 1 is 1.14 bits per heavy atom. The van der Waals surface area contributed by atoms with Crippen molar-refractivity contribution in [3.63, 3.8) is 0 Å². The summed E-state index contributed by atoms with van der Waals surface area (Å²) < 4.78 is 6.84. The van der Waals surface area contributed by atoms with E-state index in [0.29, 0.717) is 24.3 Å². The molecule has 0 radical (unpaired) electrons. The zero-order chi connectivity index (χ0) is 19.9. The van der Waals surface area contributed by atoms with E-state index in [-0.39, 0.29) is 5.91 Å². The number of amides is 1. The molecule has 0 unspecified atom stereocenters. The third kappa shape index (κ3) is 4.15. The van der Waals surface area contributed by atoms with E-state index in [9.17, 15) is 4.79 Å². The lowest BCUT2D eigenvalue weighted by atomic mass is 10.0.